The molecule has 3 aliphatic rings. The lowest BCUT2D eigenvalue weighted by molar-refractivity contribution is 0.288. The first-order valence-electron chi connectivity index (χ1n) is 9.85. The van der Waals surface area contributed by atoms with E-state index in [2.05, 4.69) is 20.2 Å². The van der Waals surface area contributed by atoms with E-state index in [4.69, 9.17) is 4.74 Å². The Kier molecular flexibility index (Phi) is 7.00. The van der Waals surface area contributed by atoms with Crippen molar-refractivity contribution in [3.63, 3.8) is 0 Å². The molecule has 2 unspecified atom stereocenters. The average molecular weight is 470 g/mol. The Labute approximate surface area is 174 Å². The fraction of sp³-hybridized carbons (Fsp3) is 0.700. The van der Waals surface area contributed by atoms with Crippen molar-refractivity contribution in [2.24, 2.45) is 22.7 Å². The van der Waals surface area contributed by atoms with Crippen LogP contribution in [0.25, 0.3) is 0 Å². The highest BCUT2D eigenvalue weighted by Crippen LogP contribution is 2.36. The van der Waals surface area contributed by atoms with E-state index in [9.17, 15) is 0 Å². The summed E-state index contributed by atoms with van der Waals surface area (Å²) in [7, 11) is 1.89. The topological polar surface area (TPSA) is 49.8 Å². The van der Waals surface area contributed by atoms with Crippen LogP contribution in [0.2, 0.25) is 0 Å². The number of aliphatic imine (C=N–C) groups is 1. The zero-order chi connectivity index (χ0) is 17.1. The first kappa shape index (κ1) is 19.7. The Morgan fingerprint density at radius 2 is 1.96 bits per heavy atom. The SMILES string of the molecule is CN=C(NCc1ccnc(OCC2CC2)c1)N1CC2CCCCC2C1.I. The molecule has 2 atom stereocenters. The van der Waals surface area contributed by atoms with Crippen molar-refractivity contribution in [1.82, 2.24) is 15.2 Å². The van der Waals surface area contributed by atoms with E-state index in [0.717, 1.165) is 55.8 Å². The van der Waals surface area contributed by atoms with Crippen LogP contribution in [-0.2, 0) is 6.54 Å². The van der Waals surface area contributed by atoms with Crippen molar-refractivity contribution in [2.75, 3.05) is 26.7 Å². The Morgan fingerprint density at radius 1 is 1.23 bits per heavy atom. The van der Waals surface area contributed by atoms with Gasteiger partial charge in [-0.15, -0.1) is 24.0 Å². The molecule has 2 saturated carbocycles. The Hall–Kier alpha value is -1.05. The quantitative estimate of drug-likeness (QED) is 0.405. The van der Waals surface area contributed by atoms with Crippen LogP contribution in [-0.4, -0.2) is 42.6 Å². The summed E-state index contributed by atoms with van der Waals surface area (Å²) in [5, 5.41) is 3.53. The standard InChI is InChI=1S/C20H30N4O.HI/c1-21-20(24-12-17-4-2-3-5-18(17)13-24)23-11-16-8-9-22-19(10-16)25-14-15-6-7-15;/h8-10,15,17-18H,2-7,11-14H2,1H3,(H,21,23);1H. The summed E-state index contributed by atoms with van der Waals surface area (Å²) >= 11 is 0. The van der Waals surface area contributed by atoms with Gasteiger partial charge in [0, 0.05) is 38.9 Å². The number of likely N-dealkylation sites (tertiary alicyclic amines) is 1. The molecule has 0 bridgehead atoms. The second-order valence-electron chi connectivity index (χ2n) is 7.87. The molecule has 26 heavy (non-hydrogen) atoms. The van der Waals surface area contributed by atoms with Crippen molar-refractivity contribution < 1.29 is 4.74 Å². The average Bonchev–Trinajstić information content (AvgIpc) is 3.38. The summed E-state index contributed by atoms with van der Waals surface area (Å²) in [4.78, 5) is 11.3. The number of nitrogens with one attached hydrogen (secondary N) is 1. The Morgan fingerprint density at radius 3 is 2.62 bits per heavy atom. The molecular formula is C20H31IN4O. The van der Waals surface area contributed by atoms with E-state index in [1.807, 2.05) is 25.4 Å². The molecular weight excluding hydrogens is 439 g/mol. The fourth-order valence-electron chi connectivity index (χ4n) is 4.22. The molecule has 2 aliphatic carbocycles. The maximum atomic E-state index is 5.79. The third kappa shape index (κ3) is 5.02. The molecule has 0 aromatic carbocycles. The third-order valence-corrected chi connectivity index (χ3v) is 5.90. The lowest BCUT2D eigenvalue weighted by Crippen LogP contribution is -2.39. The maximum absolute atomic E-state index is 5.79. The van der Waals surface area contributed by atoms with Gasteiger partial charge in [-0.05, 0) is 55.1 Å². The van der Waals surface area contributed by atoms with Crippen LogP contribution in [0.4, 0.5) is 0 Å². The molecule has 1 saturated heterocycles. The number of fused-ring (bicyclic) bond motifs is 1. The minimum atomic E-state index is 0. The lowest BCUT2D eigenvalue weighted by atomic mass is 9.82. The highest BCUT2D eigenvalue weighted by atomic mass is 127. The van der Waals surface area contributed by atoms with Crippen molar-refractivity contribution in [3.8, 4) is 5.88 Å². The normalized spacial score (nSPS) is 25.4. The predicted octanol–water partition coefficient (Wildman–Crippen LogP) is 3.69. The summed E-state index contributed by atoms with van der Waals surface area (Å²) < 4.78 is 5.79. The van der Waals surface area contributed by atoms with Gasteiger partial charge >= 0.3 is 0 Å². The molecule has 1 aromatic heterocycles. The number of ether oxygens (including phenoxy) is 1. The monoisotopic (exact) mass is 470 g/mol. The molecule has 4 rings (SSSR count). The summed E-state index contributed by atoms with van der Waals surface area (Å²) in [5.74, 6) is 4.27. The van der Waals surface area contributed by atoms with Gasteiger partial charge in [-0.25, -0.2) is 4.98 Å². The molecule has 0 amide bonds. The summed E-state index contributed by atoms with van der Waals surface area (Å²) in [6.07, 6.45) is 10.0. The van der Waals surface area contributed by atoms with Crippen LogP contribution >= 0.6 is 24.0 Å². The minimum absolute atomic E-state index is 0. The van der Waals surface area contributed by atoms with Crippen LogP contribution in [0.15, 0.2) is 23.3 Å². The molecule has 0 spiro atoms. The summed E-state index contributed by atoms with van der Waals surface area (Å²) in [6.45, 7) is 3.90. The van der Waals surface area contributed by atoms with Crippen molar-refractivity contribution in [3.05, 3.63) is 23.9 Å². The molecule has 1 N–H and O–H groups in total. The fourth-order valence-corrected chi connectivity index (χ4v) is 4.22. The molecule has 3 fully saturated rings. The largest absolute Gasteiger partial charge is 0.477 e. The minimum Gasteiger partial charge on any atom is -0.477 e. The Bertz CT molecular complexity index is 606. The molecule has 2 heterocycles. The molecule has 0 radical (unpaired) electrons. The van der Waals surface area contributed by atoms with Gasteiger partial charge in [-0.1, -0.05) is 12.8 Å². The van der Waals surface area contributed by atoms with Crippen molar-refractivity contribution in [1.29, 1.82) is 0 Å². The van der Waals surface area contributed by atoms with E-state index in [0.29, 0.717) is 0 Å². The number of hydrogen-bond acceptors (Lipinski definition) is 3. The van der Waals surface area contributed by atoms with Crippen LogP contribution in [0.1, 0.15) is 44.1 Å². The molecule has 1 aromatic rings. The molecule has 6 heteroatoms. The predicted molar refractivity (Wildman–Crippen MR) is 115 cm³/mol. The van der Waals surface area contributed by atoms with E-state index >= 15 is 0 Å². The van der Waals surface area contributed by atoms with Gasteiger partial charge in [0.1, 0.15) is 0 Å². The van der Waals surface area contributed by atoms with E-state index in [1.165, 1.54) is 44.1 Å². The molecule has 5 nitrogen and oxygen atoms in total. The zero-order valence-electron chi connectivity index (χ0n) is 15.7. The highest BCUT2D eigenvalue weighted by Gasteiger charge is 2.35. The summed E-state index contributed by atoms with van der Waals surface area (Å²) in [5.41, 5.74) is 1.19. The lowest BCUT2D eigenvalue weighted by Gasteiger charge is -2.22. The van der Waals surface area contributed by atoms with Gasteiger partial charge in [-0.3, -0.25) is 4.99 Å². The van der Waals surface area contributed by atoms with Gasteiger partial charge in [0.2, 0.25) is 5.88 Å². The number of halogens is 1. The second kappa shape index (κ2) is 9.24. The third-order valence-electron chi connectivity index (χ3n) is 5.90. The number of guanidine groups is 1. The van der Waals surface area contributed by atoms with Gasteiger partial charge in [0.25, 0.3) is 0 Å². The van der Waals surface area contributed by atoms with Gasteiger partial charge < -0.3 is 15.0 Å². The second-order valence-corrected chi connectivity index (χ2v) is 7.87. The van der Waals surface area contributed by atoms with Crippen LogP contribution in [0.5, 0.6) is 5.88 Å². The first-order chi connectivity index (χ1) is 12.3. The van der Waals surface area contributed by atoms with E-state index in [-0.39, 0.29) is 24.0 Å². The number of nitrogens with zero attached hydrogens (tertiary/aromatic N) is 3. The van der Waals surface area contributed by atoms with Crippen LogP contribution in [0.3, 0.4) is 0 Å². The van der Waals surface area contributed by atoms with Gasteiger partial charge in [0.05, 0.1) is 6.61 Å². The maximum Gasteiger partial charge on any atom is 0.213 e. The number of pyridine rings is 1. The van der Waals surface area contributed by atoms with Crippen LogP contribution < -0.4 is 10.1 Å². The Balaban J connectivity index is 0.00000196. The van der Waals surface area contributed by atoms with Crippen LogP contribution in [0, 0.1) is 17.8 Å². The molecule has 1 aliphatic heterocycles. The van der Waals surface area contributed by atoms with Crippen molar-refractivity contribution in [2.45, 2.75) is 45.1 Å². The first-order valence-corrected chi connectivity index (χ1v) is 9.85. The molecule has 144 valence electrons. The van der Waals surface area contributed by atoms with E-state index in [1.54, 1.807) is 0 Å². The van der Waals surface area contributed by atoms with Gasteiger partial charge in [0.15, 0.2) is 5.96 Å². The van der Waals surface area contributed by atoms with E-state index < -0.39 is 0 Å². The number of hydrogen-bond donors (Lipinski definition) is 1. The van der Waals surface area contributed by atoms with Gasteiger partial charge in [-0.2, -0.15) is 0 Å². The zero-order valence-corrected chi connectivity index (χ0v) is 18.0. The summed E-state index contributed by atoms with van der Waals surface area (Å²) in [6, 6.07) is 4.10. The number of rotatable bonds is 5. The number of aromatic nitrogens is 1. The highest BCUT2D eigenvalue weighted by molar-refractivity contribution is 14.0. The van der Waals surface area contributed by atoms with Crippen molar-refractivity contribution >= 4 is 29.9 Å². The smallest absolute Gasteiger partial charge is 0.213 e.